The second-order valence-corrected chi connectivity index (χ2v) is 1.68. The van der Waals surface area contributed by atoms with Crippen LogP contribution in [0.1, 0.15) is 0 Å². The molecule has 0 N–H and O–H groups in total. The van der Waals surface area contributed by atoms with E-state index >= 15 is 0 Å². The molecule has 6 heteroatoms. The third kappa shape index (κ3) is 127. The molecule has 0 spiro atoms. The van der Waals surface area contributed by atoms with Crippen LogP contribution >= 0.6 is 0 Å². The van der Waals surface area contributed by atoms with E-state index in [1.807, 2.05) is 0 Å². The molecule has 40 valence electrons. The number of hydrogen-bond donors (Lipinski definition) is 0. The van der Waals surface area contributed by atoms with Gasteiger partial charge in [0.2, 0.25) is 0 Å². The van der Waals surface area contributed by atoms with E-state index in [2.05, 4.69) is 0 Å². The van der Waals surface area contributed by atoms with Crippen LogP contribution in [0.3, 0.4) is 0 Å². The minimum atomic E-state index is -5.75. The van der Waals surface area contributed by atoms with E-state index in [-0.39, 0.29) is 20.4 Å². The summed E-state index contributed by atoms with van der Waals surface area (Å²) in [7, 11) is 0. The molecule has 0 fully saturated rings. The summed E-state index contributed by atoms with van der Waals surface area (Å²) in [5.41, 5.74) is 0. The predicted molar refractivity (Wildman–Crippen MR) is 1.37 cm³/mol. The average Bonchev–Trinajstić information content (AvgIpc) is 0.722. The Kier molecular flexibility index (Phi) is 4.63. The molecule has 0 aliphatic rings. The summed E-state index contributed by atoms with van der Waals surface area (Å²) in [6, 6.07) is 0. The second kappa shape index (κ2) is 2.82. The minimum Gasteiger partial charge on any atom is 2.00 e. The molecule has 0 aliphatic heterocycles. The number of hydrogen-bond acceptors (Lipinski definition) is 4. The standard InChI is InChI=1S/Cr.4O.Pd/q;;;2*-1;+2. The van der Waals surface area contributed by atoms with E-state index in [0.29, 0.717) is 0 Å². The fraction of sp³-hybridized carbons (Fsp3) is 0. The first-order valence-electron chi connectivity index (χ1n) is 0.667. The van der Waals surface area contributed by atoms with Crippen LogP contribution in [0.15, 0.2) is 0 Å². The van der Waals surface area contributed by atoms with Gasteiger partial charge in [0.05, 0.1) is 0 Å². The Hall–Kier alpha value is 0.715. The fourth-order valence-electron chi connectivity index (χ4n) is 0. The van der Waals surface area contributed by atoms with Gasteiger partial charge in [-0.2, -0.15) is 0 Å². The molecule has 0 rings (SSSR count). The normalized spacial score (nSPS) is 9.67. The monoisotopic (exact) mass is 222 g/mol. The Bertz CT molecular complexity index is 90.7. The van der Waals surface area contributed by atoms with Gasteiger partial charge < -0.3 is 0 Å². The van der Waals surface area contributed by atoms with Crippen molar-refractivity contribution < 1.29 is 50.0 Å². The van der Waals surface area contributed by atoms with Crippen molar-refractivity contribution in [2.75, 3.05) is 0 Å². The quantitative estimate of drug-likeness (QED) is 0.420. The Balaban J connectivity index is 0. The zero-order valence-corrected chi connectivity index (χ0v) is 5.19. The van der Waals surface area contributed by atoms with Crippen LogP contribution in [0, 0.1) is 0 Å². The van der Waals surface area contributed by atoms with Crippen molar-refractivity contribution >= 4 is 0 Å². The zero-order valence-electron chi connectivity index (χ0n) is 2.36. The van der Waals surface area contributed by atoms with Crippen LogP contribution in [0.5, 0.6) is 0 Å². The number of rotatable bonds is 0. The van der Waals surface area contributed by atoms with Crippen LogP contribution in [-0.4, -0.2) is 0 Å². The summed E-state index contributed by atoms with van der Waals surface area (Å²) in [5, 5.41) is 0. The maximum absolute atomic E-state index is 8.59. The van der Waals surface area contributed by atoms with Gasteiger partial charge in [0.1, 0.15) is 0 Å². The molecule has 0 aromatic carbocycles. The molecular weight excluding hydrogens is 222 g/mol. The molecule has 0 aromatic heterocycles. The van der Waals surface area contributed by atoms with Crippen LogP contribution in [-0.2, 0) is 41.6 Å². The smallest absolute Gasteiger partial charge is 2.00 e. The molecule has 0 aromatic rings. The van der Waals surface area contributed by atoms with E-state index in [4.69, 9.17) is 15.9 Å². The van der Waals surface area contributed by atoms with Crippen LogP contribution in [0.2, 0.25) is 0 Å². The Labute approximate surface area is 50.2 Å². The third-order valence-corrected chi connectivity index (χ3v) is 0. The topological polar surface area (TPSA) is 80.3 Å². The van der Waals surface area contributed by atoms with Crippen molar-refractivity contribution in [2.45, 2.75) is 0 Å². The molecular formula is CrO4Pd. The molecule has 0 unspecified atom stereocenters. The minimum absolute atomic E-state index is 0. The van der Waals surface area contributed by atoms with Gasteiger partial charge in [0.15, 0.2) is 0 Å². The molecule has 4 nitrogen and oxygen atoms in total. The van der Waals surface area contributed by atoms with Gasteiger partial charge >= 0.3 is 50.0 Å². The van der Waals surface area contributed by atoms with Crippen molar-refractivity contribution in [2.24, 2.45) is 0 Å². The van der Waals surface area contributed by atoms with E-state index in [0.717, 1.165) is 0 Å². The maximum Gasteiger partial charge on any atom is 2.00 e. The van der Waals surface area contributed by atoms with Crippen LogP contribution < -0.4 is 8.32 Å². The summed E-state index contributed by atoms with van der Waals surface area (Å²) in [6.45, 7) is 0. The summed E-state index contributed by atoms with van der Waals surface area (Å²) >= 11 is -5.75. The summed E-state index contributed by atoms with van der Waals surface area (Å²) in [4.78, 5) is 0. The first-order valence-corrected chi connectivity index (χ1v) is 2.75. The zero-order chi connectivity index (χ0) is 4.50. The summed E-state index contributed by atoms with van der Waals surface area (Å²) in [6.07, 6.45) is 0. The van der Waals surface area contributed by atoms with E-state index in [9.17, 15) is 0 Å². The predicted octanol–water partition coefficient (Wildman–Crippen LogP) is -2.62. The Morgan fingerprint density at radius 1 is 1.17 bits per heavy atom. The van der Waals surface area contributed by atoms with Gasteiger partial charge in [-0.25, -0.2) is 0 Å². The summed E-state index contributed by atoms with van der Waals surface area (Å²) < 4.78 is 34.4. The van der Waals surface area contributed by atoms with E-state index in [1.54, 1.807) is 0 Å². The summed E-state index contributed by atoms with van der Waals surface area (Å²) in [5.74, 6) is 0. The second-order valence-electron chi connectivity index (χ2n) is 0.408. The van der Waals surface area contributed by atoms with Gasteiger partial charge in [0.25, 0.3) is 0 Å². The molecule has 0 amide bonds. The van der Waals surface area contributed by atoms with Crippen LogP contribution in [0.4, 0.5) is 0 Å². The van der Waals surface area contributed by atoms with Gasteiger partial charge in [-0.1, -0.05) is 0 Å². The molecule has 0 atom stereocenters. The van der Waals surface area contributed by atoms with Crippen molar-refractivity contribution in [3.8, 4) is 0 Å². The largest absolute Gasteiger partial charge is 2.00 e. The first kappa shape index (κ1) is 9.87. The molecule has 0 saturated heterocycles. The maximum atomic E-state index is 8.59. The molecule has 0 radical (unpaired) electrons. The fourth-order valence-corrected chi connectivity index (χ4v) is 0. The van der Waals surface area contributed by atoms with Gasteiger partial charge in [-0.05, 0) is 0 Å². The van der Waals surface area contributed by atoms with E-state index in [1.165, 1.54) is 0 Å². The molecule has 6 heavy (non-hydrogen) atoms. The Morgan fingerprint density at radius 3 is 1.17 bits per heavy atom. The Morgan fingerprint density at radius 2 is 1.17 bits per heavy atom. The molecule has 0 aliphatic carbocycles. The van der Waals surface area contributed by atoms with E-state index < -0.39 is 13.6 Å². The van der Waals surface area contributed by atoms with Gasteiger partial charge in [-0.3, -0.25) is 0 Å². The van der Waals surface area contributed by atoms with Gasteiger partial charge in [-0.15, -0.1) is 0 Å². The van der Waals surface area contributed by atoms with Gasteiger partial charge in [0, 0.05) is 0 Å². The van der Waals surface area contributed by atoms with Crippen molar-refractivity contribution in [3.63, 3.8) is 0 Å². The van der Waals surface area contributed by atoms with Crippen molar-refractivity contribution in [3.05, 3.63) is 0 Å². The first-order chi connectivity index (χ1) is 2.00. The molecule has 0 saturated carbocycles. The average molecular weight is 222 g/mol. The van der Waals surface area contributed by atoms with Crippen LogP contribution in [0.25, 0.3) is 0 Å². The molecule has 0 heterocycles. The van der Waals surface area contributed by atoms with Crippen molar-refractivity contribution in [1.29, 1.82) is 0 Å². The SMILES string of the molecule is [O]=[Cr](=[O])([O-])[O-].[Pd+2]. The molecule has 0 bridgehead atoms. The third-order valence-electron chi connectivity index (χ3n) is 0. The van der Waals surface area contributed by atoms with Crippen molar-refractivity contribution in [1.82, 2.24) is 0 Å².